The topological polar surface area (TPSA) is 94.6 Å². The number of piperidine rings is 1. The maximum Gasteiger partial charge on any atom is 0.234 e. The van der Waals surface area contributed by atoms with Gasteiger partial charge in [-0.05, 0) is 44.0 Å². The van der Waals surface area contributed by atoms with E-state index in [1.807, 2.05) is 18.2 Å². The van der Waals surface area contributed by atoms with E-state index >= 15 is 0 Å². The van der Waals surface area contributed by atoms with E-state index in [9.17, 15) is 9.59 Å². The number of benzene rings is 1. The molecular formula is C19H24N2O4. The van der Waals surface area contributed by atoms with Crippen LogP contribution in [0.25, 0.3) is 11.0 Å². The van der Waals surface area contributed by atoms with Gasteiger partial charge in [0.15, 0.2) is 0 Å². The van der Waals surface area contributed by atoms with Crippen LogP contribution in [0.5, 0.6) is 5.75 Å². The molecule has 2 heterocycles. The van der Waals surface area contributed by atoms with Crippen LogP contribution in [-0.2, 0) is 9.59 Å². The SMILES string of the molecule is NCCCCCCOc1ccc2occ(C3CCC(=O)NC3=O)c2c1. The number of amides is 2. The van der Waals surface area contributed by atoms with Crippen molar-refractivity contribution >= 4 is 22.8 Å². The zero-order valence-electron chi connectivity index (χ0n) is 14.3. The molecule has 1 unspecified atom stereocenters. The van der Waals surface area contributed by atoms with Gasteiger partial charge >= 0.3 is 0 Å². The first-order valence-corrected chi connectivity index (χ1v) is 8.86. The fourth-order valence-corrected chi connectivity index (χ4v) is 3.17. The van der Waals surface area contributed by atoms with Gasteiger partial charge in [-0.3, -0.25) is 14.9 Å². The molecule has 3 rings (SSSR count). The zero-order valence-corrected chi connectivity index (χ0v) is 14.3. The molecule has 1 atom stereocenters. The van der Waals surface area contributed by atoms with Crippen LogP contribution in [0.15, 0.2) is 28.9 Å². The number of nitrogens with two attached hydrogens (primary N) is 1. The number of furan rings is 1. The fraction of sp³-hybridized carbons (Fsp3) is 0.474. The molecule has 0 saturated carbocycles. The molecule has 6 heteroatoms. The lowest BCUT2D eigenvalue weighted by Gasteiger charge is -2.19. The summed E-state index contributed by atoms with van der Waals surface area (Å²) in [5.41, 5.74) is 7.01. The number of rotatable bonds is 8. The van der Waals surface area contributed by atoms with Crippen LogP contribution >= 0.6 is 0 Å². The van der Waals surface area contributed by atoms with Crippen LogP contribution < -0.4 is 15.8 Å². The molecule has 0 radical (unpaired) electrons. The first-order valence-electron chi connectivity index (χ1n) is 8.86. The molecule has 0 aliphatic carbocycles. The quantitative estimate of drug-likeness (QED) is 0.567. The molecule has 134 valence electrons. The Balaban J connectivity index is 1.67. The Morgan fingerprint density at radius 2 is 2.04 bits per heavy atom. The van der Waals surface area contributed by atoms with E-state index in [4.69, 9.17) is 14.9 Å². The Bertz CT molecular complexity index is 753. The van der Waals surface area contributed by atoms with Gasteiger partial charge in [0, 0.05) is 17.4 Å². The van der Waals surface area contributed by atoms with Crippen LogP contribution in [0, 0.1) is 0 Å². The summed E-state index contributed by atoms with van der Waals surface area (Å²) in [6.45, 7) is 1.39. The third kappa shape index (κ3) is 4.20. The van der Waals surface area contributed by atoms with E-state index in [0.29, 0.717) is 19.4 Å². The number of carbonyl (C=O) groups is 2. The molecule has 0 bridgehead atoms. The van der Waals surface area contributed by atoms with Gasteiger partial charge in [0.2, 0.25) is 11.8 Å². The van der Waals surface area contributed by atoms with E-state index in [-0.39, 0.29) is 17.7 Å². The summed E-state index contributed by atoms with van der Waals surface area (Å²) in [7, 11) is 0. The number of nitrogens with one attached hydrogen (secondary N) is 1. The third-order valence-electron chi connectivity index (χ3n) is 4.56. The first kappa shape index (κ1) is 17.5. The van der Waals surface area contributed by atoms with Crippen molar-refractivity contribution in [1.29, 1.82) is 0 Å². The van der Waals surface area contributed by atoms with Crippen molar-refractivity contribution in [3.8, 4) is 5.75 Å². The minimum absolute atomic E-state index is 0.215. The molecule has 6 nitrogen and oxygen atoms in total. The molecule has 1 aromatic carbocycles. The molecule has 1 fully saturated rings. The molecular weight excluding hydrogens is 320 g/mol. The van der Waals surface area contributed by atoms with Gasteiger partial charge in [-0.2, -0.15) is 0 Å². The smallest absolute Gasteiger partial charge is 0.234 e. The minimum atomic E-state index is -0.356. The standard InChI is InChI=1S/C19H24N2O4/c20-9-3-1-2-4-10-24-13-5-7-17-15(11-13)16(12-25-17)14-6-8-18(22)21-19(14)23/h5,7,11-12,14H,1-4,6,8-10,20H2,(H,21,22,23). The predicted octanol–water partition coefficient (Wildman–Crippen LogP) is 2.85. The zero-order chi connectivity index (χ0) is 17.6. The van der Waals surface area contributed by atoms with Crippen molar-refractivity contribution in [3.63, 3.8) is 0 Å². The van der Waals surface area contributed by atoms with Gasteiger partial charge in [-0.25, -0.2) is 0 Å². The highest BCUT2D eigenvalue weighted by molar-refractivity contribution is 6.02. The Kier molecular flexibility index (Phi) is 5.71. The van der Waals surface area contributed by atoms with Gasteiger partial charge in [-0.1, -0.05) is 12.8 Å². The number of hydrogen-bond acceptors (Lipinski definition) is 5. The second kappa shape index (κ2) is 8.16. The van der Waals surface area contributed by atoms with E-state index in [2.05, 4.69) is 5.32 Å². The Labute approximate surface area is 146 Å². The van der Waals surface area contributed by atoms with E-state index in [1.54, 1.807) is 6.26 Å². The molecule has 1 saturated heterocycles. The lowest BCUT2D eigenvalue weighted by atomic mass is 9.90. The number of unbranched alkanes of at least 4 members (excludes halogenated alkanes) is 3. The Morgan fingerprint density at radius 3 is 2.84 bits per heavy atom. The van der Waals surface area contributed by atoms with Crippen molar-refractivity contribution < 1.29 is 18.7 Å². The summed E-state index contributed by atoms with van der Waals surface area (Å²) in [6, 6.07) is 5.65. The van der Waals surface area contributed by atoms with Gasteiger partial charge in [0.05, 0.1) is 18.8 Å². The molecule has 1 aliphatic heterocycles. The number of ether oxygens (including phenoxy) is 1. The van der Waals surface area contributed by atoms with Crippen molar-refractivity contribution in [1.82, 2.24) is 5.32 Å². The number of imide groups is 1. The molecule has 1 aliphatic rings. The number of carbonyl (C=O) groups excluding carboxylic acids is 2. The van der Waals surface area contributed by atoms with Crippen LogP contribution in [-0.4, -0.2) is 25.0 Å². The maximum atomic E-state index is 12.1. The van der Waals surface area contributed by atoms with Crippen LogP contribution in [0.4, 0.5) is 0 Å². The van der Waals surface area contributed by atoms with Gasteiger partial charge in [-0.15, -0.1) is 0 Å². The van der Waals surface area contributed by atoms with Crippen LogP contribution in [0.1, 0.15) is 50.0 Å². The van der Waals surface area contributed by atoms with Crippen LogP contribution in [0.3, 0.4) is 0 Å². The predicted molar refractivity (Wildman–Crippen MR) is 94.4 cm³/mol. The van der Waals surface area contributed by atoms with Crippen molar-refractivity contribution in [2.24, 2.45) is 5.73 Å². The van der Waals surface area contributed by atoms with Crippen molar-refractivity contribution in [2.75, 3.05) is 13.2 Å². The second-order valence-electron chi connectivity index (χ2n) is 6.40. The summed E-state index contributed by atoms with van der Waals surface area (Å²) < 4.78 is 11.4. The van der Waals surface area contributed by atoms with E-state index < -0.39 is 0 Å². The second-order valence-corrected chi connectivity index (χ2v) is 6.40. The van der Waals surface area contributed by atoms with Gasteiger partial charge in [0.25, 0.3) is 0 Å². The molecule has 0 spiro atoms. The van der Waals surface area contributed by atoms with Crippen molar-refractivity contribution in [2.45, 2.75) is 44.4 Å². The molecule has 2 amide bonds. The average molecular weight is 344 g/mol. The van der Waals surface area contributed by atoms with Crippen molar-refractivity contribution in [3.05, 3.63) is 30.0 Å². The van der Waals surface area contributed by atoms with Gasteiger partial charge in [0.1, 0.15) is 11.3 Å². The summed E-state index contributed by atoms with van der Waals surface area (Å²) in [6.07, 6.45) is 6.74. The first-order chi connectivity index (χ1) is 12.2. The molecule has 3 N–H and O–H groups in total. The summed E-state index contributed by atoms with van der Waals surface area (Å²) in [4.78, 5) is 23.5. The monoisotopic (exact) mass is 344 g/mol. The highest BCUT2D eigenvalue weighted by Crippen LogP contribution is 2.34. The largest absolute Gasteiger partial charge is 0.494 e. The number of fused-ring (bicyclic) bond motifs is 1. The lowest BCUT2D eigenvalue weighted by molar-refractivity contribution is -0.134. The number of hydrogen-bond donors (Lipinski definition) is 2. The normalized spacial score (nSPS) is 17.7. The maximum absolute atomic E-state index is 12.1. The Hall–Kier alpha value is -2.34. The Morgan fingerprint density at radius 1 is 1.20 bits per heavy atom. The average Bonchev–Trinajstić information content (AvgIpc) is 3.01. The third-order valence-corrected chi connectivity index (χ3v) is 4.56. The minimum Gasteiger partial charge on any atom is -0.494 e. The summed E-state index contributed by atoms with van der Waals surface area (Å²) >= 11 is 0. The fourth-order valence-electron chi connectivity index (χ4n) is 3.17. The molecule has 25 heavy (non-hydrogen) atoms. The highest BCUT2D eigenvalue weighted by atomic mass is 16.5. The van der Waals surface area contributed by atoms with E-state index in [1.165, 1.54) is 0 Å². The van der Waals surface area contributed by atoms with Gasteiger partial charge < -0.3 is 14.9 Å². The van der Waals surface area contributed by atoms with E-state index in [0.717, 1.165) is 54.5 Å². The van der Waals surface area contributed by atoms with Crippen LogP contribution in [0.2, 0.25) is 0 Å². The lowest BCUT2D eigenvalue weighted by Crippen LogP contribution is -2.39. The molecule has 2 aromatic rings. The highest BCUT2D eigenvalue weighted by Gasteiger charge is 2.30. The summed E-state index contributed by atoms with van der Waals surface area (Å²) in [5.74, 6) is -0.0652. The molecule has 1 aromatic heterocycles. The summed E-state index contributed by atoms with van der Waals surface area (Å²) in [5, 5.41) is 3.27.